The van der Waals surface area contributed by atoms with Crippen LogP contribution in [0, 0.1) is 5.92 Å². The van der Waals surface area contributed by atoms with Gasteiger partial charge in [-0.1, -0.05) is 6.92 Å². The van der Waals surface area contributed by atoms with Gasteiger partial charge in [0.25, 0.3) is 0 Å². The molecule has 0 aliphatic carbocycles. The van der Waals surface area contributed by atoms with Crippen molar-refractivity contribution < 1.29 is 17.9 Å². The monoisotopic (exact) mass is 216 g/mol. The van der Waals surface area contributed by atoms with E-state index in [0.29, 0.717) is 12.3 Å². The Kier molecular flexibility index (Phi) is 6.59. The lowest BCUT2D eigenvalue weighted by atomic mass is 10.1. The second kappa shape index (κ2) is 6.54. The molecule has 80 valence electrons. The molecule has 0 N–H and O–H groups in total. The molecule has 0 aliphatic heterocycles. The summed E-state index contributed by atoms with van der Waals surface area (Å²) in [6.45, 7) is 1.02. The van der Waals surface area contributed by atoms with Gasteiger partial charge < -0.3 is 4.74 Å². The summed E-state index contributed by atoms with van der Waals surface area (Å²) in [5.74, 6) is 1.14. The van der Waals surface area contributed by atoms with Gasteiger partial charge >= 0.3 is 6.18 Å². The Bertz CT molecular complexity index is 127. The summed E-state index contributed by atoms with van der Waals surface area (Å²) in [6.07, 6.45) is -2.62. The van der Waals surface area contributed by atoms with Crippen LogP contribution >= 0.6 is 12.6 Å². The molecule has 0 aromatic heterocycles. The second-order valence-electron chi connectivity index (χ2n) is 3.07. The Morgan fingerprint density at radius 1 is 1.31 bits per heavy atom. The average Bonchev–Trinajstić information content (AvgIpc) is 1.97. The van der Waals surface area contributed by atoms with Crippen molar-refractivity contribution in [2.45, 2.75) is 25.9 Å². The van der Waals surface area contributed by atoms with E-state index in [1.165, 1.54) is 0 Å². The quantitative estimate of drug-likeness (QED) is 0.530. The fourth-order valence-corrected chi connectivity index (χ4v) is 1.28. The van der Waals surface area contributed by atoms with E-state index in [4.69, 9.17) is 0 Å². The highest BCUT2D eigenvalue weighted by atomic mass is 32.1. The highest BCUT2D eigenvalue weighted by molar-refractivity contribution is 7.80. The Balaban J connectivity index is 3.25. The topological polar surface area (TPSA) is 9.23 Å². The molecule has 0 spiro atoms. The SMILES string of the molecule is CC(CCS)CCOCC(F)(F)F. The minimum Gasteiger partial charge on any atom is -0.372 e. The molecule has 0 fully saturated rings. The molecule has 0 saturated heterocycles. The van der Waals surface area contributed by atoms with Gasteiger partial charge in [-0.3, -0.25) is 0 Å². The number of rotatable bonds is 6. The summed E-state index contributed by atoms with van der Waals surface area (Å²) >= 11 is 4.03. The molecule has 0 bridgehead atoms. The summed E-state index contributed by atoms with van der Waals surface area (Å²) < 4.78 is 39.2. The van der Waals surface area contributed by atoms with Gasteiger partial charge in [0.05, 0.1) is 0 Å². The van der Waals surface area contributed by atoms with Crippen molar-refractivity contribution in [2.24, 2.45) is 5.92 Å². The number of halogens is 3. The Morgan fingerprint density at radius 2 is 1.92 bits per heavy atom. The third-order valence-electron chi connectivity index (χ3n) is 1.64. The smallest absolute Gasteiger partial charge is 0.372 e. The third-order valence-corrected chi connectivity index (χ3v) is 1.90. The summed E-state index contributed by atoms with van der Waals surface area (Å²) in [4.78, 5) is 0. The molecule has 1 unspecified atom stereocenters. The Hall–Kier alpha value is 0.100. The lowest BCUT2D eigenvalue weighted by Gasteiger charge is -2.11. The van der Waals surface area contributed by atoms with E-state index in [-0.39, 0.29) is 6.61 Å². The first-order valence-corrected chi connectivity index (χ1v) is 4.84. The number of thiol groups is 1. The zero-order chi connectivity index (χ0) is 10.3. The Morgan fingerprint density at radius 3 is 2.38 bits per heavy atom. The van der Waals surface area contributed by atoms with E-state index >= 15 is 0 Å². The van der Waals surface area contributed by atoms with Crippen LogP contribution in [-0.2, 0) is 4.74 Å². The van der Waals surface area contributed by atoms with Crippen molar-refractivity contribution in [3.8, 4) is 0 Å². The maximum Gasteiger partial charge on any atom is 0.411 e. The van der Waals surface area contributed by atoms with Gasteiger partial charge in [0.1, 0.15) is 6.61 Å². The fourth-order valence-electron chi connectivity index (χ4n) is 0.837. The molecule has 5 heteroatoms. The van der Waals surface area contributed by atoms with E-state index in [2.05, 4.69) is 17.4 Å². The predicted molar refractivity (Wildman–Crippen MR) is 49.1 cm³/mol. The third kappa shape index (κ3) is 10.0. The normalized spacial score (nSPS) is 14.5. The van der Waals surface area contributed by atoms with Crippen LogP contribution in [0.3, 0.4) is 0 Å². The lowest BCUT2D eigenvalue weighted by molar-refractivity contribution is -0.174. The Labute approximate surface area is 82.1 Å². The first kappa shape index (κ1) is 13.1. The number of hydrogen-bond acceptors (Lipinski definition) is 2. The largest absolute Gasteiger partial charge is 0.411 e. The molecule has 13 heavy (non-hydrogen) atoms. The first-order chi connectivity index (χ1) is 5.95. The van der Waals surface area contributed by atoms with Crippen molar-refractivity contribution in [1.29, 1.82) is 0 Å². The fraction of sp³-hybridized carbons (Fsp3) is 1.00. The van der Waals surface area contributed by atoms with Crippen LogP contribution in [0.2, 0.25) is 0 Å². The molecule has 0 heterocycles. The summed E-state index contributed by atoms with van der Waals surface area (Å²) in [6, 6.07) is 0. The van der Waals surface area contributed by atoms with Gasteiger partial charge in [-0.2, -0.15) is 25.8 Å². The number of hydrogen-bond donors (Lipinski definition) is 1. The molecule has 1 atom stereocenters. The lowest BCUT2D eigenvalue weighted by Crippen LogP contribution is -2.18. The van der Waals surface area contributed by atoms with Crippen LogP contribution in [0.4, 0.5) is 13.2 Å². The maximum absolute atomic E-state index is 11.6. The highest BCUT2D eigenvalue weighted by Crippen LogP contribution is 2.15. The van der Waals surface area contributed by atoms with E-state index in [9.17, 15) is 13.2 Å². The molecular weight excluding hydrogens is 201 g/mol. The molecule has 0 saturated carbocycles. The van der Waals surface area contributed by atoms with Crippen molar-refractivity contribution >= 4 is 12.6 Å². The van der Waals surface area contributed by atoms with Crippen LogP contribution in [0.15, 0.2) is 0 Å². The molecule has 0 aromatic carbocycles. The van der Waals surface area contributed by atoms with Crippen LogP contribution in [0.5, 0.6) is 0 Å². The van der Waals surface area contributed by atoms with Crippen LogP contribution in [0.1, 0.15) is 19.8 Å². The van der Waals surface area contributed by atoms with E-state index in [1.54, 1.807) is 0 Å². The zero-order valence-electron chi connectivity index (χ0n) is 7.60. The standard InChI is InChI=1S/C8H15F3OS/c1-7(3-5-13)2-4-12-6-8(9,10)11/h7,13H,2-6H2,1H3. The minimum absolute atomic E-state index is 0.175. The molecule has 0 amide bonds. The first-order valence-electron chi connectivity index (χ1n) is 4.21. The van der Waals surface area contributed by atoms with Crippen LogP contribution in [0.25, 0.3) is 0 Å². The molecule has 1 nitrogen and oxygen atoms in total. The van der Waals surface area contributed by atoms with Crippen molar-refractivity contribution in [3.05, 3.63) is 0 Å². The zero-order valence-corrected chi connectivity index (χ0v) is 8.50. The predicted octanol–water partition coefficient (Wildman–Crippen LogP) is 2.91. The van der Waals surface area contributed by atoms with E-state index in [0.717, 1.165) is 12.2 Å². The number of alkyl halides is 3. The van der Waals surface area contributed by atoms with E-state index in [1.807, 2.05) is 6.92 Å². The molecule has 0 aliphatic rings. The van der Waals surface area contributed by atoms with E-state index < -0.39 is 12.8 Å². The van der Waals surface area contributed by atoms with Gasteiger partial charge in [-0.15, -0.1) is 0 Å². The number of ether oxygens (including phenoxy) is 1. The maximum atomic E-state index is 11.6. The molecular formula is C8H15F3OS. The van der Waals surface area contributed by atoms with Crippen molar-refractivity contribution in [1.82, 2.24) is 0 Å². The minimum atomic E-state index is -4.20. The molecule has 0 rings (SSSR count). The average molecular weight is 216 g/mol. The molecule has 0 radical (unpaired) electrons. The summed E-state index contributed by atoms with van der Waals surface area (Å²) in [7, 11) is 0. The van der Waals surface area contributed by atoms with Crippen molar-refractivity contribution in [3.63, 3.8) is 0 Å². The van der Waals surface area contributed by atoms with Crippen molar-refractivity contribution in [2.75, 3.05) is 19.0 Å². The summed E-state index contributed by atoms with van der Waals surface area (Å²) in [5, 5.41) is 0. The van der Waals surface area contributed by atoms with Gasteiger partial charge in [-0.05, 0) is 24.5 Å². The van der Waals surface area contributed by atoms with Gasteiger partial charge in [0.2, 0.25) is 0 Å². The second-order valence-corrected chi connectivity index (χ2v) is 3.52. The van der Waals surface area contributed by atoms with Crippen LogP contribution in [-0.4, -0.2) is 25.1 Å². The van der Waals surface area contributed by atoms with Crippen LogP contribution < -0.4 is 0 Å². The van der Waals surface area contributed by atoms with Gasteiger partial charge in [0.15, 0.2) is 0 Å². The molecule has 0 aromatic rings. The van der Waals surface area contributed by atoms with Gasteiger partial charge in [-0.25, -0.2) is 0 Å². The highest BCUT2D eigenvalue weighted by Gasteiger charge is 2.27. The van der Waals surface area contributed by atoms with Gasteiger partial charge in [0, 0.05) is 6.61 Å². The summed E-state index contributed by atoms with van der Waals surface area (Å²) in [5.41, 5.74) is 0.